The molecule has 1 aromatic rings. The molecule has 0 aliphatic rings. The first-order valence-electron chi connectivity index (χ1n) is 5.33. The first-order valence-corrected chi connectivity index (χ1v) is 5.33. The largest absolute Gasteiger partial charge is 0.449 e. The fourth-order valence-corrected chi connectivity index (χ4v) is 1.31. The van der Waals surface area contributed by atoms with Crippen molar-refractivity contribution in [3.05, 3.63) is 33.9 Å². The summed E-state index contributed by atoms with van der Waals surface area (Å²) in [5.74, 6) is -1.66. The number of non-ortho nitro benzene ring substituents is 1. The van der Waals surface area contributed by atoms with Gasteiger partial charge >= 0.3 is 5.97 Å². The molecule has 0 spiro atoms. The van der Waals surface area contributed by atoms with E-state index in [4.69, 9.17) is 10.5 Å². The fourth-order valence-electron chi connectivity index (χ4n) is 1.31. The van der Waals surface area contributed by atoms with Gasteiger partial charge in [0.05, 0.1) is 10.5 Å². The predicted octanol–water partition coefficient (Wildman–Crippen LogP) is 0.667. The standard InChI is InChI=1S/C11H13N3O5/c1-6(10(12)15)19-11(16)8-5-7(14(17)18)3-4-9(8)13-2/h3-6,13H,1-2H3,(H2,12,15)/t6-/m0/s1. The van der Waals surface area contributed by atoms with Crippen LogP contribution in [0, 0.1) is 10.1 Å². The molecule has 0 unspecified atom stereocenters. The van der Waals surface area contributed by atoms with Gasteiger partial charge in [-0.2, -0.15) is 0 Å². The lowest BCUT2D eigenvalue weighted by Gasteiger charge is -2.12. The number of benzene rings is 1. The molecule has 1 rings (SSSR count). The summed E-state index contributed by atoms with van der Waals surface area (Å²) >= 11 is 0. The number of nitrogens with two attached hydrogens (primary N) is 1. The van der Waals surface area contributed by atoms with E-state index in [0.29, 0.717) is 5.69 Å². The number of esters is 1. The highest BCUT2D eigenvalue weighted by Gasteiger charge is 2.21. The van der Waals surface area contributed by atoms with Gasteiger partial charge < -0.3 is 15.8 Å². The number of carbonyl (C=O) groups is 2. The summed E-state index contributed by atoms with van der Waals surface area (Å²) in [6.45, 7) is 1.32. The van der Waals surface area contributed by atoms with Gasteiger partial charge in [0, 0.05) is 24.9 Å². The highest BCUT2D eigenvalue weighted by atomic mass is 16.6. The van der Waals surface area contributed by atoms with Gasteiger partial charge in [0.2, 0.25) is 0 Å². The molecule has 0 radical (unpaired) electrons. The van der Waals surface area contributed by atoms with Crippen LogP contribution in [0.1, 0.15) is 17.3 Å². The smallest absolute Gasteiger partial charge is 0.341 e. The molecular weight excluding hydrogens is 254 g/mol. The van der Waals surface area contributed by atoms with E-state index in [1.165, 1.54) is 19.1 Å². The molecule has 0 saturated carbocycles. The molecular formula is C11H13N3O5. The van der Waals surface area contributed by atoms with Gasteiger partial charge in [-0.25, -0.2) is 4.79 Å². The van der Waals surface area contributed by atoms with Gasteiger partial charge in [-0.05, 0) is 13.0 Å². The minimum atomic E-state index is -1.11. The maximum atomic E-state index is 11.8. The molecule has 19 heavy (non-hydrogen) atoms. The lowest BCUT2D eigenvalue weighted by molar-refractivity contribution is -0.384. The van der Waals surface area contributed by atoms with Crippen molar-refractivity contribution in [1.29, 1.82) is 0 Å². The minimum absolute atomic E-state index is 0.0372. The molecule has 102 valence electrons. The Morgan fingerprint density at radius 2 is 2.11 bits per heavy atom. The number of nitrogens with zero attached hydrogens (tertiary/aromatic N) is 1. The minimum Gasteiger partial charge on any atom is -0.449 e. The van der Waals surface area contributed by atoms with Crippen molar-refractivity contribution in [2.45, 2.75) is 13.0 Å². The van der Waals surface area contributed by atoms with Gasteiger partial charge in [-0.15, -0.1) is 0 Å². The van der Waals surface area contributed by atoms with E-state index in [-0.39, 0.29) is 11.3 Å². The molecule has 8 heteroatoms. The van der Waals surface area contributed by atoms with E-state index in [1.807, 2.05) is 0 Å². The topological polar surface area (TPSA) is 125 Å². The summed E-state index contributed by atoms with van der Waals surface area (Å²) in [4.78, 5) is 32.7. The van der Waals surface area contributed by atoms with Gasteiger partial charge in [0.1, 0.15) is 0 Å². The molecule has 1 amide bonds. The highest BCUT2D eigenvalue weighted by Crippen LogP contribution is 2.22. The third-order valence-electron chi connectivity index (χ3n) is 2.39. The zero-order valence-corrected chi connectivity index (χ0v) is 10.4. The lowest BCUT2D eigenvalue weighted by Crippen LogP contribution is -2.30. The first-order chi connectivity index (χ1) is 8.86. The van der Waals surface area contributed by atoms with Crippen LogP contribution in [0.2, 0.25) is 0 Å². The molecule has 0 heterocycles. The lowest BCUT2D eigenvalue weighted by atomic mass is 10.1. The summed E-state index contributed by atoms with van der Waals surface area (Å²) in [5, 5.41) is 13.4. The summed E-state index contributed by atoms with van der Waals surface area (Å²) in [6, 6.07) is 3.70. The Balaban J connectivity index is 3.09. The Morgan fingerprint density at radius 1 is 1.47 bits per heavy atom. The van der Waals surface area contributed by atoms with E-state index < -0.39 is 22.9 Å². The molecule has 0 aliphatic carbocycles. The van der Waals surface area contributed by atoms with E-state index in [9.17, 15) is 19.7 Å². The van der Waals surface area contributed by atoms with Crippen LogP contribution in [-0.2, 0) is 9.53 Å². The van der Waals surface area contributed by atoms with Crippen molar-refractivity contribution in [2.24, 2.45) is 5.73 Å². The van der Waals surface area contributed by atoms with Crippen molar-refractivity contribution < 1.29 is 19.2 Å². The van der Waals surface area contributed by atoms with E-state index >= 15 is 0 Å². The monoisotopic (exact) mass is 267 g/mol. The van der Waals surface area contributed by atoms with Gasteiger partial charge in [-0.3, -0.25) is 14.9 Å². The normalized spacial score (nSPS) is 11.5. The molecule has 8 nitrogen and oxygen atoms in total. The van der Waals surface area contributed by atoms with Gasteiger partial charge in [-0.1, -0.05) is 0 Å². The Hall–Kier alpha value is -2.64. The molecule has 0 saturated heterocycles. The second kappa shape index (κ2) is 5.80. The number of carbonyl (C=O) groups excluding carboxylic acids is 2. The Kier molecular flexibility index (Phi) is 4.41. The fraction of sp³-hybridized carbons (Fsp3) is 0.273. The number of hydrogen-bond acceptors (Lipinski definition) is 6. The summed E-state index contributed by atoms with van der Waals surface area (Å²) < 4.78 is 4.80. The quantitative estimate of drug-likeness (QED) is 0.459. The highest BCUT2D eigenvalue weighted by molar-refractivity contribution is 5.97. The van der Waals surface area contributed by atoms with Crippen LogP contribution in [-0.4, -0.2) is 30.0 Å². The van der Waals surface area contributed by atoms with Crippen molar-refractivity contribution in [3.63, 3.8) is 0 Å². The van der Waals surface area contributed by atoms with E-state index in [2.05, 4.69) is 5.32 Å². The molecule has 1 atom stereocenters. The van der Waals surface area contributed by atoms with Crippen LogP contribution in [0.15, 0.2) is 18.2 Å². The second-order valence-corrected chi connectivity index (χ2v) is 3.69. The average molecular weight is 267 g/mol. The van der Waals surface area contributed by atoms with E-state index in [0.717, 1.165) is 6.07 Å². The van der Waals surface area contributed by atoms with E-state index in [1.54, 1.807) is 7.05 Å². The summed E-state index contributed by atoms with van der Waals surface area (Å²) in [5.41, 5.74) is 5.04. The zero-order valence-electron chi connectivity index (χ0n) is 10.4. The second-order valence-electron chi connectivity index (χ2n) is 3.69. The number of hydrogen-bond donors (Lipinski definition) is 2. The van der Waals surface area contributed by atoms with Crippen molar-refractivity contribution in [1.82, 2.24) is 0 Å². The Labute approximate surface area is 108 Å². The molecule has 0 aliphatic heterocycles. The number of rotatable bonds is 5. The van der Waals surface area contributed by atoms with Crippen LogP contribution in [0.3, 0.4) is 0 Å². The van der Waals surface area contributed by atoms with Gasteiger partial charge in [0.15, 0.2) is 6.10 Å². The number of ether oxygens (including phenoxy) is 1. The van der Waals surface area contributed by atoms with Crippen LogP contribution >= 0.6 is 0 Å². The molecule has 0 fully saturated rings. The van der Waals surface area contributed by atoms with Crippen LogP contribution < -0.4 is 11.1 Å². The van der Waals surface area contributed by atoms with Crippen LogP contribution in [0.25, 0.3) is 0 Å². The molecule has 3 N–H and O–H groups in total. The zero-order chi connectivity index (χ0) is 14.6. The number of amides is 1. The predicted molar refractivity (Wildman–Crippen MR) is 66.7 cm³/mol. The first kappa shape index (κ1) is 14.4. The number of primary amides is 1. The number of nitro benzene ring substituents is 1. The SMILES string of the molecule is CNc1ccc([N+](=O)[O-])cc1C(=O)O[C@@H](C)C(N)=O. The third-order valence-corrected chi connectivity index (χ3v) is 2.39. The maximum absolute atomic E-state index is 11.8. The molecule has 0 aromatic heterocycles. The van der Waals surface area contributed by atoms with Crippen molar-refractivity contribution in [3.8, 4) is 0 Å². The summed E-state index contributed by atoms with van der Waals surface area (Å²) in [6.07, 6.45) is -1.11. The number of anilines is 1. The Bertz CT molecular complexity index is 529. The van der Waals surface area contributed by atoms with Crippen molar-refractivity contribution >= 4 is 23.3 Å². The molecule has 0 bridgehead atoms. The number of nitrogens with one attached hydrogen (secondary N) is 1. The number of nitro groups is 1. The molecule has 1 aromatic carbocycles. The average Bonchev–Trinajstić information content (AvgIpc) is 2.37. The Morgan fingerprint density at radius 3 is 2.58 bits per heavy atom. The van der Waals surface area contributed by atoms with Gasteiger partial charge in [0.25, 0.3) is 11.6 Å². The third kappa shape index (κ3) is 3.41. The van der Waals surface area contributed by atoms with Crippen LogP contribution in [0.5, 0.6) is 0 Å². The maximum Gasteiger partial charge on any atom is 0.341 e. The van der Waals surface area contributed by atoms with Crippen LogP contribution in [0.4, 0.5) is 11.4 Å². The van der Waals surface area contributed by atoms with Crippen molar-refractivity contribution in [2.75, 3.05) is 12.4 Å². The summed E-state index contributed by atoms with van der Waals surface area (Å²) in [7, 11) is 1.55.